The first kappa shape index (κ1) is 14.5. The second-order valence-electron chi connectivity index (χ2n) is 5.10. The fourth-order valence-corrected chi connectivity index (χ4v) is 3.60. The second kappa shape index (κ2) is 6.12. The topological polar surface area (TPSA) is 26.3 Å². The molecule has 1 aliphatic heterocycles. The van der Waals surface area contributed by atoms with E-state index in [9.17, 15) is 4.79 Å². The number of aryl methyl sites for hydroxylation is 1. The van der Waals surface area contributed by atoms with E-state index < -0.39 is 6.10 Å². The van der Waals surface area contributed by atoms with Crippen molar-refractivity contribution < 1.29 is 9.53 Å². The Kier molecular flexibility index (Phi) is 4.22. The molecule has 2 nitrogen and oxygen atoms in total. The predicted octanol–water partition coefficient (Wildman–Crippen LogP) is 4.31. The van der Waals surface area contributed by atoms with Crippen molar-refractivity contribution in [3.63, 3.8) is 0 Å². The first-order valence-electron chi connectivity index (χ1n) is 6.80. The van der Waals surface area contributed by atoms with Crippen LogP contribution in [-0.2, 0) is 11.2 Å². The van der Waals surface area contributed by atoms with Crippen LogP contribution in [0.15, 0.2) is 47.4 Å². The fraction of sp³-hybridized carbons (Fsp3) is 0.235. The largest absolute Gasteiger partial charge is 0.481 e. The first-order valence-corrected chi connectivity index (χ1v) is 8.16. The van der Waals surface area contributed by atoms with Gasteiger partial charge in [-0.2, -0.15) is 0 Å². The van der Waals surface area contributed by atoms with Crippen molar-refractivity contribution in [3.8, 4) is 5.75 Å². The summed E-state index contributed by atoms with van der Waals surface area (Å²) in [6.07, 6.45) is -0.0887. The van der Waals surface area contributed by atoms with Gasteiger partial charge in [0.2, 0.25) is 0 Å². The van der Waals surface area contributed by atoms with Crippen molar-refractivity contribution in [3.05, 3.63) is 58.6 Å². The number of carbonyl (C=O) groups is 1. The number of hydrogen-bond acceptors (Lipinski definition) is 3. The summed E-state index contributed by atoms with van der Waals surface area (Å²) in [7, 11) is 0. The van der Waals surface area contributed by atoms with E-state index in [1.165, 1.54) is 0 Å². The molecular weight excluding hydrogens is 304 g/mol. The molecule has 1 heterocycles. The van der Waals surface area contributed by atoms with Gasteiger partial charge in [-0.25, -0.2) is 0 Å². The average molecular weight is 319 g/mol. The summed E-state index contributed by atoms with van der Waals surface area (Å²) in [4.78, 5) is 13.5. The Morgan fingerprint density at radius 3 is 2.95 bits per heavy atom. The number of ether oxygens (including phenoxy) is 1. The molecule has 0 radical (unpaired) electrons. The molecule has 0 fully saturated rings. The lowest BCUT2D eigenvalue weighted by Crippen LogP contribution is -2.33. The van der Waals surface area contributed by atoms with Gasteiger partial charge in [0.15, 0.2) is 11.9 Å². The van der Waals surface area contributed by atoms with Gasteiger partial charge in [-0.15, -0.1) is 11.8 Å². The van der Waals surface area contributed by atoms with E-state index in [0.29, 0.717) is 17.2 Å². The Labute approximate surface area is 133 Å². The fourth-order valence-electron chi connectivity index (χ4n) is 2.28. The lowest BCUT2D eigenvalue weighted by atomic mass is 10.0. The standard InChI is InChI=1S/C17H15ClO2S/c1-11-6-7-12(13(18)8-11)9-14(19)16-10-21-17-5-3-2-4-15(17)20-16/h2-8,16H,9-10H2,1H3. The monoisotopic (exact) mass is 318 g/mol. The predicted molar refractivity (Wildman–Crippen MR) is 86.5 cm³/mol. The highest BCUT2D eigenvalue weighted by molar-refractivity contribution is 7.99. The van der Waals surface area contributed by atoms with E-state index in [2.05, 4.69) is 0 Å². The third-order valence-corrected chi connectivity index (χ3v) is 4.91. The number of halogens is 1. The molecule has 0 amide bonds. The Hall–Kier alpha value is -1.45. The van der Waals surface area contributed by atoms with Gasteiger partial charge in [0.25, 0.3) is 0 Å². The van der Waals surface area contributed by atoms with Crippen molar-refractivity contribution >= 4 is 29.1 Å². The van der Waals surface area contributed by atoms with Crippen LogP contribution >= 0.6 is 23.4 Å². The van der Waals surface area contributed by atoms with Crippen molar-refractivity contribution in [1.29, 1.82) is 0 Å². The molecule has 2 aromatic rings. The van der Waals surface area contributed by atoms with Crippen LogP contribution in [0.4, 0.5) is 0 Å². The van der Waals surface area contributed by atoms with Crippen LogP contribution in [0.2, 0.25) is 5.02 Å². The molecule has 1 atom stereocenters. The minimum Gasteiger partial charge on any atom is -0.481 e. The van der Waals surface area contributed by atoms with E-state index in [1.807, 2.05) is 49.4 Å². The number of benzene rings is 2. The lowest BCUT2D eigenvalue weighted by molar-refractivity contribution is -0.124. The van der Waals surface area contributed by atoms with Crippen LogP contribution in [0.25, 0.3) is 0 Å². The van der Waals surface area contributed by atoms with Gasteiger partial charge >= 0.3 is 0 Å². The maximum absolute atomic E-state index is 12.4. The van der Waals surface area contributed by atoms with Gasteiger partial charge in [0.05, 0.1) is 0 Å². The molecule has 3 rings (SSSR count). The average Bonchev–Trinajstić information content (AvgIpc) is 2.49. The van der Waals surface area contributed by atoms with Crippen molar-refractivity contribution in [2.24, 2.45) is 0 Å². The Balaban J connectivity index is 1.72. The van der Waals surface area contributed by atoms with E-state index in [0.717, 1.165) is 21.8 Å². The number of para-hydroxylation sites is 1. The molecule has 0 aromatic heterocycles. The zero-order valence-electron chi connectivity index (χ0n) is 11.6. The number of Topliss-reactive ketones (excluding diaryl/α,β-unsaturated/α-hetero) is 1. The highest BCUT2D eigenvalue weighted by atomic mass is 35.5. The summed E-state index contributed by atoms with van der Waals surface area (Å²) < 4.78 is 5.82. The molecule has 0 N–H and O–H groups in total. The summed E-state index contributed by atoms with van der Waals surface area (Å²) in [5.74, 6) is 1.52. The minimum absolute atomic E-state index is 0.0720. The first-order chi connectivity index (χ1) is 10.1. The molecule has 0 spiro atoms. The van der Waals surface area contributed by atoms with E-state index in [4.69, 9.17) is 16.3 Å². The lowest BCUT2D eigenvalue weighted by Gasteiger charge is -2.24. The van der Waals surface area contributed by atoms with Crippen LogP contribution < -0.4 is 4.74 Å². The number of hydrogen-bond donors (Lipinski definition) is 0. The number of thioether (sulfide) groups is 1. The van der Waals surface area contributed by atoms with E-state index in [-0.39, 0.29) is 5.78 Å². The van der Waals surface area contributed by atoms with Gasteiger partial charge in [-0.05, 0) is 36.2 Å². The van der Waals surface area contributed by atoms with Gasteiger partial charge in [-0.1, -0.05) is 35.9 Å². The minimum atomic E-state index is -0.401. The number of ketones is 1. The highest BCUT2D eigenvalue weighted by Crippen LogP contribution is 2.35. The van der Waals surface area contributed by atoms with Gasteiger partial charge in [0, 0.05) is 22.1 Å². The van der Waals surface area contributed by atoms with E-state index >= 15 is 0 Å². The summed E-state index contributed by atoms with van der Waals surface area (Å²) in [5.41, 5.74) is 1.95. The molecule has 1 unspecified atom stereocenters. The molecule has 0 saturated carbocycles. The number of carbonyl (C=O) groups excluding carboxylic acids is 1. The number of fused-ring (bicyclic) bond motifs is 1. The molecule has 4 heteroatoms. The van der Waals surface area contributed by atoms with Gasteiger partial charge < -0.3 is 4.74 Å². The molecule has 108 valence electrons. The SMILES string of the molecule is Cc1ccc(CC(=O)C2CSc3ccccc3O2)c(Cl)c1. The maximum atomic E-state index is 12.4. The third kappa shape index (κ3) is 3.25. The molecule has 21 heavy (non-hydrogen) atoms. The van der Waals surface area contributed by atoms with Crippen molar-refractivity contribution in [2.75, 3.05) is 5.75 Å². The second-order valence-corrected chi connectivity index (χ2v) is 6.57. The molecule has 1 aliphatic rings. The zero-order valence-corrected chi connectivity index (χ0v) is 13.2. The Bertz CT molecular complexity index is 684. The van der Waals surface area contributed by atoms with Crippen LogP contribution in [0.5, 0.6) is 5.75 Å². The Morgan fingerprint density at radius 2 is 2.14 bits per heavy atom. The molecular formula is C17H15ClO2S. The quantitative estimate of drug-likeness (QED) is 0.843. The molecule has 0 aliphatic carbocycles. The van der Waals surface area contributed by atoms with Crippen LogP contribution in [0, 0.1) is 6.92 Å². The summed E-state index contributed by atoms with van der Waals surface area (Å²) in [5, 5.41) is 0.646. The molecule has 0 bridgehead atoms. The zero-order chi connectivity index (χ0) is 14.8. The third-order valence-electron chi connectivity index (χ3n) is 3.44. The molecule has 2 aromatic carbocycles. The van der Waals surface area contributed by atoms with Crippen LogP contribution in [0.1, 0.15) is 11.1 Å². The van der Waals surface area contributed by atoms with Gasteiger partial charge in [-0.3, -0.25) is 4.79 Å². The van der Waals surface area contributed by atoms with E-state index in [1.54, 1.807) is 11.8 Å². The van der Waals surface area contributed by atoms with Crippen LogP contribution in [-0.4, -0.2) is 17.6 Å². The molecule has 0 saturated heterocycles. The summed E-state index contributed by atoms with van der Waals surface area (Å²) >= 11 is 7.86. The normalized spacial score (nSPS) is 17.0. The van der Waals surface area contributed by atoms with Crippen molar-refractivity contribution in [2.45, 2.75) is 24.3 Å². The van der Waals surface area contributed by atoms with Crippen LogP contribution in [0.3, 0.4) is 0 Å². The van der Waals surface area contributed by atoms with Gasteiger partial charge in [0.1, 0.15) is 5.75 Å². The number of rotatable bonds is 3. The smallest absolute Gasteiger partial charge is 0.178 e. The van der Waals surface area contributed by atoms with Crippen molar-refractivity contribution in [1.82, 2.24) is 0 Å². The highest BCUT2D eigenvalue weighted by Gasteiger charge is 2.26. The maximum Gasteiger partial charge on any atom is 0.178 e. The summed E-state index contributed by atoms with van der Waals surface area (Å²) in [6.45, 7) is 1.98. The Morgan fingerprint density at radius 1 is 1.33 bits per heavy atom. The summed E-state index contributed by atoms with van der Waals surface area (Å²) in [6, 6.07) is 13.6.